The van der Waals surface area contributed by atoms with Crippen LogP contribution in [-0.4, -0.2) is 59.7 Å². The largest absolute Gasteiger partial charge is 0.459 e. The maximum Gasteiger partial charge on any atom is 0.408 e. The van der Waals surface area contributed by atoms with Gasteiger partial charge < -0.3 is 19.5 Å². The lowest BCUT2D eigenvalue weighted by Gasteiger charge is -2.22. The van der Waals surface area contributed by atoms with Crippen molar-refractivity contribution in [1.29, 1.82) is 0 Å². The highest BCUT2D eigenvalue weighted by molar-refractivity contribution is 5.82. The van der Waals surface area contributed by atoms with Gasteiger partial charge in [0.15, 0.2) is 0 Å². The number of hydrogen-bond donors (Lipinski definition) is 1. The molecule has 0 saturated heterocycles. The van der Waals surface area contributed by atoms with Crippen molar-refractivity contribution in [3.8, 4) is 0 Å². The van der Waals surface area contributed by atoms with Crippen molar-refractivity contribution in [3.63, 3.8) is 0 Å². The molecule has 2 aliphatic rings. The molecular formula is C24H29N7O6. The molecule has 5 rings (SSSR count). The minimum atomic E-state index is -1.13. The summed E-state index contributed by atoms with van der Waals surface area (Å²) in [5, 5.41) is 18.7. The molecule has 4 heterocycles. The number of amides is 1. The van der Waals surface area contributed by atoms with Crippen molar-refractivity contribution in [2.24, 2.45) is 0 Å². The van der Waals surface area contributed by atoms with Gasteiger partial charge in [-0.05, 0) is 38.3 Å². The summed E-state index contributed by atoms with van der Waals surface area (Å²) >= 11 is 0. The summed E-state index contributed by atoms with van der Waals surface area (Å²) in [5.41, 5.74) is 2.19. The summed E-state index contributed by atoms with van der Waals surface area (Å²) in [6.45, 7) is 5.87. The van der Waals surface area contributed by atoms with Crippen molar-refractivity contribution < 1.29 is 28.6 Å². The minimum absolute atomic E-state index is 0.0513. The van der Waals surface area contributed by atoms with Crippen LogP contribution in [0.4, 0.5) is 4.79 Å². The summed E-state index contributed by atoms with van der Waals surface area (Å²) in [6, 6.07) is 6.79. The van der Waals surface area contributed by atoms with Crippen molar-refractivity contribution in [3.05, 3.63) is 59.2 Å². The Morgan fingerprint density at radius 1 is 0.946 bits per heavy atom. The van der Waals surface area contributed by atoms with Gasteiger partial charge in [-0.2, -0.15) is 0 Å². The smallest absolute Gasteiger partial charge is 0.408 e. The molecule has 0 fully saturated rings. The highest BCUT2D eigenvalue weighted by Crippen LogP contribution is 2.12. The lowest BCUT2D eigenvalue weighted by molar-refractivity contribution is -0.149. The quantitative estimate of drug-likeness (QED) is 0.378. The molecule has 0 aliphatic carbocycles. The third-order valence-corrected chi connectivity index (χ3v) is 5.24. The molecule has 6 bridgehead atoms. The lowest BCUT2D eigenvalue weighted by Crippen LogP contribution is -2.44. The van der Waals surface area contributed by atoms with Gasteiger partial charge in [-0.1, -0.05) is 34.7 Å². The van der Waals surface area contributed by atoms with Crippen molar-refractivity contribution in [2.45, 2.75) is 71.6 Å². The number of hydrogen-bond acceptors (Lipinski definition) is 10. The fraction of sp³-hybridized carbons (Fsp3) is 0.458. The Hall–Kier alpha value is -4.29. The van der Waals surface area contributed by atoms with E-state index in [0.29, 0.717) is 24.5 Å². The Morgan fingerprint density at radius 2 is 1.49 bits per heavy atom. The Kier molecular flexibility index (Phi) is 7.80. The molecule has 196 valence electrons. The van der Waals surface area contributed by atoms with Crippen LogP contribution in [0.2, 0.25) is 0 Å². The van der Waals surface area contributed by atoms with E-state index in [1.165, 1.54) is 0 Å². The van der Waals surface area contributed by atoms with Crippen molar-refractivity contribution in [1.82, 2.24) is 35.3 Å². The van der Waals surface area contributed by atoms with E-state index in [9.17, 15) is 14.4 Å². The molecule has 13 nitrogen and oxygen atoms in total. The van der Waals surface area contributed by atoms with E-state index >= 15 is 0 Å². The van der Waals surface area contributed by atoms with Crippen LogP contribution in [0.3, 0.4) is 0 Å². The van der Waals surface area contributed by atoms with Gasteiger partial charge in [-0.3, -0.25) is 4.79 Å². The first-order chi connectivity index (χ1) is 17.6. The number of carbonyl (C=O) groups excluding carboxylic acids is 3. The van der Waals surface area contributed by atoms with Crippen LogP contribution in [0.5, 0.6) is 0 Å². The molecule has 3 aromatic rings. The van der Waals surface area contributed by atoms with Gasteiger partial charge in [0.05, 0.1) is 25.5 Å². The van der Waals surface area contributed by atoms with Crippen LogP contribution < -0.4 is 5.32 Å². The van der Waals surface area contributed by atoms with Crippen LogP contribution in [0.15, 0.2) is 36.7 Å². The number of rotatable bonds is 1. The molecule has 1 N–H and O–H groups in total. The number of fused-ring (bicyclic) bond motifs is 10. The summed E-state index contributed by atoms with van der Waals surface area (Å²) in [4.78, 5) is 37.4. The molecular weight excluding hydrogens is 482 g/mol. The van der Waals surface area contributed by atoms with Gasteiger partial charge in [0, 0.05) is 6.42 Å². The highest BCUT2D eigenvalue weighted by atomic mass is 16.6. The van der Waals surface area contributed by atoms with Crippen LogP contribution >= 0.6 is 0 Å². The zero-order valence-electron chi connectivity index (χ0n) is 20.9. The van der Waals surface area contributed by atoms with Gasteiger partial charge >= 0.3 is 18.0 Å². The first kappa shape index (κ1) is 25.8. The number of carbonyl (C=O) groups is 3. The minimum Gasteiger partial charge on any atom is -0.459 e. The van der Waals surface area contributed by atoms with Gasteiger partial charge in [-0.15, -0.1) is 10.2 Å². The second kappa shape index (κ2) is 11.2. The third-order valence-electron chi connectivity index (χ3n) is 5.24. The molecule has 1 amide bonds. The summed E-state index contributed by atoms with van der Waals surface area (Å²) in [7, 11) is 0. The number of benzene rings is 1. The number of alkyl carbamates (subject to hydrolysis) is 1. The Bertz CT molecular complexity index is 1250. The topological polar surface area (TPSA) is 152 Å². The zero-order valence-corrected chi connectivity index (χ0v) is 20.9. The van der Waals surface area contributed by atoms with E-state index in [1.54, 1.807) is 42.5 Å². The lowest BCUT2D eigenvalue weighted by atomic mass is 10.1. The number of nitrogens with one attached hydrogen (secondary N) is 1. The average Bonchev–Trinajstić information content (AvgIpc) is 3.47. The average molecular weight is 512 g/mol. The fourth-order valence-electron chi connectivity index (χ4n) is 3.52. The van der Waals surface area contributed by atoms with E-state index in [2.05, 4.69) is 25.9 Å². The summed E-state index contributed by atoms with van der Waals surface area (Å²) in [5.74, 6) is -1.31. The maximum absolute atomic E-state index is 12.8. The number of esters is 2. The van der Waals surface area contributed by atoms with Gasteiger partial charge in [0.1, 0.15) is 36.2 Å². The van der Waals surface area contributed by atoms with E-state index in [0.717, 1.165) is 11.1 Å². The predicted molar refractivity (Wildman–Crippen MR) is 127 cm³/mol. The molecule has 0 spiro atoms. The molecule has 2 aromatic heterocycles. The van der Waals surface area contributed by atoms with E-state index < -0.39 is 29.7 Å². The van der Waals surface area contributed by atoms with Gasteiger partial charge in [0.2, 0.25) is 0 Å². The first-order valence-corrected chi connectivity index (χ1v) is 11.8. The molecule has 1 aromatic carbocycles. The summed E-state index contributed by atoms with van der Waals surface area (Å²) < 4.78 is 19.2. The zero-order chi connectivity index (χ0) is 26.4. The van der Waals surface area contributed by atoms with E-state index in [4.69, 9.17) is 14.2 Å². The second-order valence-corrected chi connectivity index (χ2v) is 9.64. The van der Waals surface area contributed by atoms with E-state index in [-0.39, 0.29) is 26.1 Å². The van der Waals surface area contributed by atoms with Crippen LogP contribution in [0.1, 0.15) is 56.1 Å². The first-order valence-electron chi connectivity index (χ1n) is 11.8. The van der Waals surface area contributed by atoms with Crippen LogP contribution in [0, 0.1) is 0 Å². The van der Waals surface area contributed by atoms with Gasteiger partial charge in [-0.25, -0.2) is 19.0 Å². The molecule has 0 saturated carbocycles. The maximum atomic E-state index is 12.8. The van der Waals surface area contributed by atoms with Crippen molar-refractivity contribution >= 4 is 18.0 Å². The molecule has 0 radical (unpaired) electrons. The normalized spacial score (nSPS) is 17.3. The highest BCUT2D eigenvalue weighted by Gasteiger charge is 2.27. The van der Waals surface area contributed by atoms with Crippen molar-refractivity contribution in [2.75, 3.05) is 0 Å². The Balaban J connectivity index is 1.51. The molecule has 13 heteroatoms. The second-order valence-electron chi connectivity index (χ2n) is 9.64. The number of aromatic nitrogens is 6. The van der Waals surface area contributed by atoms with E-state index in [1.807, 2.05) is 24.3 Å². The number of nitrogens with zero attached hydrogens (tertiary/aromatic N) is 6. The third kappa shape index (κ3) is 7.85. The number of ether oxygens (including phenoxy) is 3. The Morgan fingerprint density at radius 3 is 2.03 bits per heavy atom. The van der Waals surface area contributed by atoms with Crippen LogP contribution in [-0.2, 0) is 50.1 Å². The van der Waals surface area contributed by atoms with Crippen LogP contribution in [0.25, 0.3) is 0 Å². The molecule has 1 atom stereocenters. The monoisotopic (exact) mass is 511 g/mol. The molecule has 37 heavy (non-hydrogen) atoms. The molecule has 2 aliphatic heterocycles. The van der Waals surface area contributed by atoms with Gasteiger partial charge in [0.25, 0.3) is 0 Å². The fourth-order valence-corrected chi connectivity index (χ4v) is 3.52. The SMILES string of the molecule is CC(C)(C)OC(=O)N[C@H]1CCC(=O)OCc2cn(nn2)Cc2ccc(cc2)Cn2cc(nn2)COC1=O. The molecule has 0 unspecified atom stereocenters. The Labute approximate surface area is 213 Å². The summed E-state index contributed by atoms with van der Waals surface area (Å²) in [6.07, 6.45) is 2.37. The predicted octanol–water partition coefficient (Wildman–Crippen LogP) is 1.74. The standard InChI is InChI=1S/C24H29N7O6/c1-24(2,3)37-23(34)25-20-8-9-21(32)35-14-18-12-30(28-26-18)10-16-4-6-17(7-5-16)11-31-13-19(27-29-31)15-36-22(20)33/h4-7,12-13,20H,8-11,14-15H2,1-3H3,(H,25,34)/t20-/m0/s1.